The molecule has 1 heterocycles. The first-order valence-electron chi connectivity index (χ1n) is 7.08. The van der Waals surface area contributed by atoms with Crippen LogP contribution < -0.4 is 4.18 Å². The number of hydrogen-bond acceptors (Lipinski definition) is 5. The zero-order valence-electron chi connectivity index (χ0n) is 13.0. The van der Waals surface area contributed by atoms with Crippen LogP contribution in [0.15, 0.2) is 52.7 Å². The highest BCUT2D eigenvalue weighted by Crippen LogP contribution is 2.27. The summed E-state index contributed by atoms with van der Waals surface area (Å²) in [6.45, 7) is 3.58. The van der Waals surface area contributed by atoms with Crippen molar-refractivity contribution in [1.82, 2.24) is 4.98 Å². The summed E-state index contributed by atoms with van der Waals surface area (Å²) in [6, 6.07) is 10.4. The minimum Gasteiger partial charge on any atom is -0.379 e. The second-order valence-electron chi connectivity index (χ2n) is 5.29. The van der Waals surface area contributed by atoms with E-state index in [1.165, 1.54) is 35.6 Å². The number of halogens is 1. The number of aromatic nitrogens is 1. The van der Waals surface area contributed by atoms with E-state index in [0.29, 0.717) is 5.56 Å². The van der Waals surface area contributed by atoms with Gasteiger partial charge in [-0.1, -0.05) is 6.07 Å². The Morgan fingerprint density at radius 3 is 2.38 bits per heavy atom. The minimum absolute atomic E-state index is 0.118. The van der Waals surface area contributed by atoms with Crippen LogP contribution in [0.3, 0.4) is 0 Å². The van der Waals surface area contributed by atoms with Crippen LogP contribution >= 0.6 is 11.3 Å². The fraction of sp³-hybridized carbons (Fsp3) is 0.118. The SMILES string of the molecule is Cc1ccc(S(=O)(=O)Oc2ccc(-c3nc(C)cs3)cc2)c(F)c1. The van der Waals surface area contributed by atoms with Gasteiger partial charge < -0.3 is 4.18 Å². The highest BCUT2D eigenvalue weighted by Gasteiger charge is 2.21. The first kappa shape index (κ1) is 16.6. The smallest absolute Gasteiger partial charge is 0.342 e. The minimum atomic E-state index is -4.22. The van der Waals surface area contributed by atoms with Crippen molar-refractivity contribution in [2.45, 2.75) is 18.7 Å². The van der Waals surface area contributed by atoms with Gasteiger partial charge in [-0.25, -0.2) is 9.37 Å². The molecular weight excluding hydrogens is 349 g/mol. The Kier molecular flexibility index (Phi) is 4.38. The number of nitrogens with zero attached hydrogens (tertiary/aromatic N) is 1. The third-order valence-corrected chi connectivity index (χ3v) is 5.57. The molecule has 3 rings (SSSR count). The van der Waals surface area contributed by atoms with E-state index in [-0.39, 0.29) is 5.75 Å². The fourth-order valence-electron chi connectivity index (χ4n) is 2.12. The third-order valence-electron chi connectivity index (χ3n) is 3.28. The number of thiazole rings is 1. The van der Waals surface area contributed by atoms with E-state index in [1.54, 1.807) is 19.1 Å². The lowest BCUT2D eigenvalue weighted by atomic mass is 10.2. The van der Waals surface area contributed by atoms with Gasteiger partial charge in [0.05, 0.1) is 0 Å². The van der Waals surface area contributed by atoms with Gasteiger partial charge in [0.2, 0.25) is 0 Å². The van der Waals surface area contributed by atoms with E-state index < -0.39 is 20.8 Å². The summed E-state index contributed by atoms with van der Waals surface area (Å²) in [5.41, 5.74) is 2.42. The van der Waals surface area contributed by atoms with Crippen LogP contribution in [-0.2, 0) is 10.1 Å². The molecule has 124 valence electrons. The number of hydrogen-bond donors (Lipinski definition) is 0. The Morgan fingerprint density at radius 1 is 1.08 bits per heavy atom. The zero-order valence-corrected chi connectivity index (χ0v) is 14.6. The number of rotatable bonds is 4. The summed E-state index contributed by atoms with van der Waals surface area (Å²) < 4.78 is 43.3. The molecule has 1 aromatic heterocycles. The first-order chi connectivity index (χ1) is 11.3. The van der Waals surface area contributed by atoms with Crippen LogP contribution in [0.1, 0.15) is 11.3 Å². The Labute approximate surface area is 143 Å². The molecule has 2 aromatic carbocycles. The normalized spacial score (nSPS) is 11.5. The molecule has 3 aromatic rings. The largest absolute Gasteiger partial charge is 0.379 e. The lowest BCUT2D eigenvalue weighted by molar-refractivity contribution is 0.476. The Balaban J connectivity index is 1.85. The Morgan fingerprint density at radius 2 is 1.79 bits per heavy atom. The summed E-state index contributed by atoms with van der Waals surface area (Å²) in [4.78, 5) is 3.88. The van der Waals surface area contributed by atoms with Crippen LogP contribution in [0.5, 0.6) is 5.75 Å². The van der Waals surface area contributed by atoms with E-state index in [0.717, 1.165) is 22.3 Å². The van der Waals surface area contributed by atoms with Crippen LogP contribution in [-0.4, -0.2) is 13.4 Å². The average molecular weight is 363 g/mol. The quantitative estimate of drug-likeness (QED) is 0.647. The van der Waals surface area contributed by atoms with Gasteiger partial charge in [-0.3, -0.25) is 0 Å². The lowest BCUT2D eigenvalue weighted by Crippen LogP contribution is -2.11. The molecule has 7 heteroatoms. The van der Waals surface area contributed by atoms with E-state index in [2.05, 4.69) is 4.98 Å². The summed E-state index contributed by atoms with van der Waals surface area (Å²) in [7, 11) is -4.22. The van der Waals surface area contributed by atoms with Crippen molar-refractivity contribution in [3.8, 4) is 16.3 Å². The number of benzene rings is 2. The summed E-state index contributed by atoms with van der Waals surface area (Å²) in [5, 5.41) is 2.77. The molecule has 4 nitrogen and oxygen atoms in total. The molecule has 24 heavy (non-hydrogen) atoms. The molecule has 0 radical (unpaired) electrons. The fourth-order valence-corrected chi connectivity index (χ4v) is 3.91. The van der Waals surface area contributed by atoms with Crippen molar-refractivity contribution in [2.75, 3.05) is 0 Å². The van der Waals surface area contributed by atoms with E-state index >= 15 is 0 Å². The van der Waals surface area contributed by atoms with Gasteiger partial charge in [0.15, 0.2) is 0 Å². The van der Waals surface area contributed by atoms with Gasteiger partial charge >= 0.3 is 10.1 Å². The van der Waals surface area contributed by atoms with E-state index in [9.17, 15) is 12.8 Å². The second-order valence-corrected chi connectivity index (χ2v) is 7.66. The number of aryl methyl sites for hydroxylation is 2. The molecule has 0 spiro atoms. The maximum Gasteiger partial charge on any atom is 0.342 e. The van der Waals surface area contributed by atoms with Crippen molar-refractivity contribution in [3.05, 3.63) is 64.9 Å². The van der Waals surface area contributed by atoms with Crippen molar-refractivity contribution in [2.24, 2.45) is 0 Å². The molecule has 0 atom stereocenters. The monoisotopic (exact) mass is 363 g/mol. The van der Waals surface area contributed by atoms with Gasteiger partial charge in [-0.2, -0.15) is 8.42 Å². The maximum absolute atomic E-state index is 13.9. The van der Waals surface area contributed by atoms with Crippen molar-refractivity contribution in [1.29, 1.82) is 0 Å². The molecule has 0 bridgehead atoms. The van der Waals surface area contributed by atoms with E-state index in [4.69, 9.17) is 4.18 Å². The molecule has 0 aliphatic heterocycles. The van der Waals surface area contributed by atoms with Crippen LogP contribution in [0.4, 0.5) is 4.39 Å². The molecule has 0 amide bonds. The van der Waals surface area contributed by atoms with Gasteiger partial charge in [-0.05, 0) is 55.8 Å². The Hall–Kier alpha value is -2.25. The van der Waals surface area contributed by atoms with Crippen molar-refractivity contribution in [3.63, 3.8) is 0 Å². The predicted molar refractivity (Wildman–Crippen MR) is 91.2 cm³/mol. The summed E-state index contributed by atoms with van der Waals surface area (Å²) in [5.74, 6) is -0.711. The van der Waals surface area contributed by atoms with Gasteiger partial charge in [0.1, 0.15) is 21.5 Å². The molecule has 0 saturated heterocycles. The highest BCUT2D eigenvalue weighted by molar-refractivity contribution is 7.87. The van der Waals surface area contributed by atoms with Crippen LogP contribution in [0.2, 0.25) is 0 Å². The predicted octanol–water partition coefficient (Wildman–Crippen LogP) is 4.33. The summed E-state index contributed by atoms with van der Waals surface area (Å²) >= 11 is 1.50. The van der Waals surface area contributed by atoms with Crippen molar-refractivity contribution < 1.29 is 17.0 Å². The zero-order chi connectivity index (χ0) is 17.3. The lowest BCUT2D eigenvalue weighted by Gasteiger charge is -2.08. The van der Waals surface area contributed by atoms with Crippen LogP contribution in [0.25, 0.3) is 10.6 Å². The summed E-state index contributed by atoms with van der Waals surface area (Å²) in [6.07, 6.45) is 0. The molecule has 0 saturated carbocycles. The van der Waals surface area contributed by atoms with Gasteiger partial charge in [-0.15, -0.1) is 11.3 Å². The molecule has 0 fully saturated rings. The van der Waals surface area contributed by atoms with Crippen LogP contribution in [0, 0.1) is 19.7 Å². The molecule has 0 unspecified atom stereocenters. The van der Waals surface area contributed by atoms with Gasteiger partial charge in [0.25, 0.3) is 0 Å². The molecule has 0 aliphatic rings. The van der Waals surface area contributed by atoms with Crippen molar-refractivity contribution >= 4 is 21.5 Å². The third kappa shape index (κ3) is 3.47. The topological polar surface area (TPSA) is 56.3 Å². The van der Waals surface area contributed by atoms with Gasteiger partial charge in [0, 0.05) is 16.6 Å². The Bertz CT molecular complexity index is 979. The molecule has 0 N–H and O–H groups in total. The standard InChI is InChI=1S/C17H14FNO3S2/c1-11-3-8-16(15(18)9-11)24(20,21)22-14-6-4-13(5-7-14)17-19-12(2)10-23-17/h3-10H,1-2H3. The highest BCUT2D eigenvalue weighted by atomic mass is 32.2. The molecule has 0 aliphatic carbocycles. The van der Waals surface area contributed by atoms with E-state index in [1.807, 2.05) is 12.3 Å². The average Bonchev–Trinajstić information content (AvgIpc) is 2.93. The first-order valence-corrected chi connectivity index (χ1v) is 9.37. The second kappa shape index (κ2) is 6.33. The molecular formula is C17H14FNO3S2. The maximum atomic E-state index is 13.9.